The number of thiophene rings is 1. The van der Waals surface area contributed by atoms with Gasteiger partial charge >= 0.3 is 0 Å². The molecule has 0 radical (unpaired) electrons. The highest BCUT2D eigenvalue weighted by atomic mass is 32.1. The highest BCUT2D eigenvalue weighted by Crippen LogP contribution is 2.22. The van der Waals surface area contributed by atoms with Crippen LogP contribution in [0.1, 0.15) is 30.1 Å². The largest absolute Gasteiger partial charge is 0.354 e. The second-order valence-corrected chi connectivity index (χ2v) is 7.10. The molecule has 2 heterocycles. The van der Waals surface area contributed by atoms with E-state index in [1.54, 1.807) is 0 Å². The molecule has 1 atom stereocenters. The summed E-state index contributed by atoms with van der Waals surface area (Å²) in [5.74, 6) is 0.700. The van der Waals surface area contributed by atoms with E-state index >= 15 is 0 Å². The van der Waals surface area contributed by atoms with E-state index in [1.807, 2.05) is 48.7 Å². The number of para-hydroxylation sites is 2. The first-order valence-corrected chi connectivity index (χ1v) is 9.41. The first-order valence-electron chi connectivity index (χ1n) is 8.53. The third kappa shape index (κ3) is 4.29. The lowest BCUT2D eigenvalue weighted by molar-refractivity contribution is -0.122. The molecule has 26 heavy (non-hydrogen) atoms. The van der Waals surface area contributed by atoms with Crippen LogP contribution in [0.2, 0.25) is 0 Å². The molecule has 1 unspecified atom stereocenters. The van der Waals surface area contributed by atoms with Gasteiger partial charge in [-0.1, -0.05) is 18.2 Å². The van der Waals surface area contributed by atoms with Gasteiger partial charge in [-0.3, -0.25) is 9.59 Å². The van der Waals surface area contributed by atoms with Gasteiger partial charge in [0.05, 0.1) is 23.5 Å². The molecular weight excluding hydrogens is 348 g/mol. The number of hydrogen-bond acceptors (Lipinski definition) is 4. The predicted molar refractivity (Wildman–Crippen MR) is 103 cm³/mol. The minimum absolute atomic E-state index is 0.0841. The summed E-state index contributed by atoms with van der Waals surface area (Å²) in [5.41, 5.74) is 2.02. The van der Waals surface area contributed by atoms with Crippen LogP contribution in [0.3, 0.4) is 0 Å². The van der Waals surface area contributed by atoms with Crippen molar-refractivity contribution < 1.29 is 9.59 Å². The quantitative estimate of drug-likeness (QED) is 0.671. The molecule has 0 aliphatic carbocycles. The third-order valence-electron chi connectivity index (χ3n) is 4.16. The van der Waals surface area contributed by atoms with E-state index in [1.165, 1.54) is 18.3 Å². The van der Waals surface area contributed by atoms with Crippen LogP contribution in [0.5, 0.6) is 0 Å². The highest BCUT2D eigenvalue weighted by Gasteiger charge is 2.18. The van der Waals surface area contributed by atoms with Gasteiger partial charge in [0.2, 0.25) is 11.8 Å². The molecular formula is C19H22N4O2S. The van der Waals surface area contributed by atoms with Gasteiger partial charge in [0.15, 0.2) is 0 Å². The van der Waals surface area contributed by atoms with Crippen molar-refractivity contribution in [3.8, 4) is 0 Å². The first kappa shape index (κ1) is 18.1. The monoisotopic (exact) mass is 370 g/mol. The van der Waals surface area contributed by atoms with Crippen molar-refractivity contribution >= 4 is 34.2 Å². The Hall–Kier alpha value is -2.67. The highest BCUT2D eigenvalue weighted by molar-refractivity contribution is 7.10. The van der Waals surface area contributed by atoms with Crippen molar-refractivity contribution in [3.05, 3.63) is 52.5 Å². The lowest BCUT2D eigenvalue weighted by Crippen LogP contribution is -2.33. The smallest absolute Gasteiger partial charge is 0.222 e. The van der Waals surface area contributed by atoms with Crippen LogP contribution >= 0.6 is 11.3 Å². The maximum absolute atomic E-state index is 12.3. The van der Waals surface area contributed by atoms with Crippen molar-refractivity contribution in [1.82, 2.24) is 20.2 Å². The maximum atomic E-state index is 12.3. The van der Waals surface area contributed by atoms with Crippen LogP contribution < -0.4 is 10.6 Å². The number of carbonyl (C=O) groups excluding carboxylic acids is 2. The van der Waals surface area contributed by atoms with Crippen molar-refractivity contribution in [3.63, 3.8) is 0 Å². The number of carbonyl (C=O) groups is 2. The zero-order valence-electron chi connectivity index (χ0n) is 14.9. The number of nitrogens with zero attached hydrogens (tertiary/aromatic N) is 2. The molecule has 0 spiro atoms. The second kappa shape index (κ2) is 8.14. The molecule has 3 aromatic rings. The molecule has 7 heteroatoms. The SMILES string of the molecule is CC(=O)NC(CC(=O)NCCn1c(C)nc2ccccc21)c1cccs1. The van der Waals surface area contributed by atoms with E-state index < -0.39 is 0 Å². The Labute approximate surface area is 156 Å². The van der Waals surface area contributed by atoms with E-state index in [4.69, 9.17) is 0 Å². The molecule has 0 aliphatic heterocycles. The van der Waals surface area contributed by atoms with E-state index in [2.05, 4.69) is 20.2 Å². The number of fused-ring (bicyclic) bond motifs is 1. The first-order chi connectivity index (χ1) is 12.5. The lowest BCUT2D eigenvalue weighted by Gasteiger charge is -2.16. The molecule has 1 aromatic carbocycles. The minimum atomic E-state index is -0.289. The van der Waals surface area contributed by atoms with Crippen LogP contribution in [0, 0.1) is 6.92 Å². The molecule has 0 aliphatic rings. The normalized spacial score (nSPS) is 12.1. The number of aryl methyl sites for hydroxylation is 1. The van der Waals surface area contributed by atoms with Crippen LogP contribution in [-0.2, 0) is 16.1 Å². The number of hydrogen-bond donors (Lipinski definition) is 2. The molecule has 0 saturated heterocycles. The maximum Gasteiger partial charge on any atom is 0.222 e. The Kier molecular flexibility index (Phi) is 5.68. The summed E-state index contributed by atoms with van der Waals surface area (Å²) in [6.45, 7) is 4.59. The van der Waals surface area contributed by atoms with Crippen LogP contribution in [0.25, 0.3) is 11.0 Å². The van der Waals surface area contributed by atoms with Crippen molar-refractivity contribution in [2.75, 3.05) is 6.54 Å². The Morgan fingerprint density at radius 2 is 2.04 bits per heavy atom. The van der Waals surface area contributed by atoms with Gasteiger partial charge in [0.25, 0.3) is 0 Å². The zero-order valence-corrected chi connectivity index (χ0v) is 15.7. The number of aromatic nitrogens is 2. The second-order valence-electron chi connectivity index (χ2n) is 6.12. The number of nitrogens with one attached hydrogen (secondary N) is 2. The topological polar surface area (TPSA) is 76.0 Å². The Morgan fingerprint density at radius 3 is 2.77 bits per heavy atom. The molecule has 136 valence electrons. The Morgan fingerprint density at radius 1 is 1.23 bits per heavy atom. The number of benzene rings is 1. The summed E-state index contributed by atoms with van der Waals surface area (Å²) in [6.07, 6.45) is 0.226. The summed E-state index contributed by atoms with van der Waals surface area (Å²) < 4.78 is 2.10. The molecule has 2 N–H and O–H groups in total. The molecule has 0 bridgehead atoms. The van der Waals surface area contributed by atoms with Gasteiger partial charge in [-0.15, -0.1) is 11.3 Å². The lowest BCUT2D eigenvalue weighted by atomic mass is 10.1. The molecule has 3 rings (SSSR count). The van der Waals surface area contributed by atoms with Crippen molar-refractivity contribution in [2.24, 2.45) is 0 Å². The van der Waals surface area contributed by atoms with Crippen molar-refractivity contribution in [1.29, 1.82) is 0 Å². The summed E-state index contributed by atoms with van der Waals surface area (Å²) in [5, 5.41) is 7.73. The minimum Gasteiger partial charge on any atom is -0.354 e. The van der Waals surface area contributed by atoms with Crippen LogP contribution in [0.15, 0.2) is 41.8 Å². The van der Waals surface area contributed by atoms with Gasteiger partial charge < -0.3 is 15.2 Å². The van der Waals surface area contributed by atoms with Gasteiger partial charge in [0, 0.05) is 24.9 Å². The fourth-order valence-electron chi connectivity index (χ4n) is 3.00. The van der Waals surface area contributed by atoms with E-state index in [0.717, 1.165) is 21.7 Å². The summed E-state index contributed by atoms with van der Waals surface area (Å²) in [7, 11) is 0. The number of imidazole rings is 1. The molecule has 6 nitrogen and oxygen atoms in total. The van der Waals surface area contributed by atoms with E-state index in [9.17, 15) is 9.59 Å². The average Bonchev–Trinajstić information content (AvgIpc) is 3.22. The van der Waals surface area contributed by atoms with Crippen LogP contribution in [0.4, 0.5) is 0 Å². The zero-order chi connectivity index (χ0) is 18.5. The molecule has 2 aromatic heterocycles. The number of rotatable bonds is 7. The third-order valence-corrected chi connectivity index (χ3v) is 5.14. The molecule has 0 fully saturated rings. The van der Waals surface area contributed by atoms with Gasteiger partial charge in [-0.05, 0) is 30.5 Å². The fraction of sp³-hybridized carbons (Fsp3) is 0.316. The fourth-order valence-corrected chi connectivity index (χ4v) is 3.78. The molecule has 2 amide bonds. The number of amides is 2. The standard InChI is InChI=1S/C19H22N4O2S/c1-13-21-15-6-3-4-7-17(15)23(13)10-9-20-19(25)12-16(22-14(2)24)18-8-5-11-26-18/h3-8,11,16H,9-10,12H2,1-2H3,(H,20,25)(H,22,24). The summed E-state index contributed by atoms with van der Waals surface area (Å²) >= 11 is 1.53. The van der Waals surface area contributed by atoms with Gasteiger partial charge in [-0.2, -0.15) is 0 Å². The van der Waals surface area contributed by atoms with E-state index in [0.29, 0.717) is 13.1 Å². The summed E-state index contributed by atoms with van der Waals surface area (Å²) in [4.78, 5) is 29.2. The Bertz CT molecular complexity index is 902. The van der Waals surface area contributed by atoms with Gasteiger partial charge in [0.1, 0.15) is 5.82 Å². The van der Waals surface area contributed by atoms with Crippen LogP contribution in [-0.4, -0.2) is 27.9 Å². The molecule has 0 saturated carbocycles. The van der Waals surface area contributed by atoms with E-state index in [-0.39, 0.29) is 24.3 Å². The van der Waals surface area contributed by atoms with Crippen molar-refractivity contribution in [2.45, 2.75) is 32.9 Å². The predicted octanol–water partition coefficient (Wildman–Crippen LogP) is 2.79. The average molecular weight is 370 g/mol. The Balaban J connectivity index is 1.58. The summed E-state index contributed by atoms with van der Waals surface area (Å²) in [6, 6.07) is 11.5. The van der Waals surface area contributed by atoms with Gasteiger partial charge in [-0.25, -0.2) is 4.98 Å².